The third kappa shape index (κ3) is 4.67. The zero-order valence-corrected chi connectivity index (χ0v) is 14.4. The van der Waals surface area contributed by atoms with Gasteiger partial charge >= 0.3 is 0 Å². The van der Waals surface area contributed by atoms with Crippen molar-refractivity contribution in [3.05, 3.63) is 89.3 Å². The Labute approximate surface area is 147 Å². The highest BCUT2D eigenvalue weighted by atomic mass is 16.1. The van der Waals surface area contributed by atoms with Gasteiger partial charge in [-0.3, -0.25) is 9.48 Å². The van der Waals surface area contributed by atoms with Gasteiger partial charge in [-0.2, -0.15) is 5.10 Å². The maximum absolute atomic E-state index is 12.1. The summed E-state index contributed by atoms with van der Waals surface area (Å²) in [4.78, 5) is 12.1. The van der Waals surface area contributed by atoms with Crippen molar-refractivity contribution in [1.29, 1.82) is 0 Å². The normalized spacial score (nSPS) is 11.0. The lowest BCUT2D eigenvalue weighted by molar-refractivity contribution is -0.111. The molecule has 3 rings (SSSR count). The van der Waals surface area contributed by atoms with Gasteiger partial charge in [-0.05, 0) is 48.7 Å². The van der Waals surface area contributed by atoms with Crippen LogP contribution in [0, 0.1) is 13.8 Å². The lowest BCUT2D eigenvalue weighted by Gasteiger charge is -2.05. The minimum Gasteiger partial charge on any atom is -0.323 e. The van der Waals surface area contributed by atoms with Crippen molar-refractivity contribution in [1.82, 2.24) is 9.78 Å². The topological polar surface area (TPSA) is 46.9 Å². The molecule has 126 valence electrons. The molecule has 0 bridgehead atoms. The Hall–Kier alpha value is -3.14. The van der Waals surface area contributed by atoms with E-state index in [0.29, 0.717) is 6.54 Å². The van der Waals surface area contributed by atoms with Gasteiger partial charge in [-0.15, -0.1) is 0 Å². The summed E-state index contributed by atoms with van der Waals surface area (Å²) >= 11 is 0. The van der Waals surface area contributed by atoms with E-state index < -0.39 is 0 Å². The molecule has 0 radical (unpaired) electrons. The van der Waals surface area contributed by atoms with Gasteiger partial charge in [0.05, 0.1) is 12.7 Å². The van der Waals surface area contributed by atoms with Crippen molar-refractivity contribution in [3.8, 4) is 0 Å². The number of nitrogens with one attached hydrogen (secondary N) is 1. The number of benzene rings is 2. The zero-order valence-electron chi connectivity index (χ0n) is 14.4. The van der Waals surface area contributed by atoms with E-state index in [9.17, 15) is 4.79 Å². The van der Waals surface area contributed by atoms with Crippen LogP contribution in [0.5, 0.6) is 0 Å². The molecule has 3 aromatic rings. The van der Waals surface area contributed by atoms with Crippen LogP contribution in [0.25, 0.3) is 6.08 Å². The average molecular weight is 331 g/mol. The van der Waals surface area contributed by atoms with Crippen LogP contribution in [-0.4, -0.2) is 15.7 Å². The molecule has 0 atom stereocenters. The maximum atomic E-state index is 12.1. The van der Waals surface area contributed by atoms with Crippen molar-refractivity contribution in [2.75, 3.05) is 5.32 Å². The first-order chi connectivity index (χ1) is 12.1. The summed E-state index contributed by atoms with van der Waals surface area (Å²) in [5, 5.41) is 7.20. The van der Waals surface area contributed by atoms with E-state index in [4.69, 9.17) is 0 Å². The molecule has 25 heavy (non-hydrogen) atoms. The van der Waals surface area contributed by atoms with Crippen LogP contribution < -0.4 is 5.32 Å². The Morgan fingerprint density at radius 1 is 1.12 bits per heavy atom. The molecule has 0 unspecified atom stereocenters. The molecular formula is C21H21N3O. The second-order valence-electron chi connectivity index (χ2n) is 6.08. The average Bonchev–Trinajstić information content (AvgIpc) is 3.05. The van der Waals surface area contributed by atoms with Gasteiger partial charge in [0.25, 0.3) is 0 Å². The second kappa shape index (κ2) is 7.62. The van der Waals surface area contributed by atoms with Crippen LogP contribution in [0.4, 0.5) is 5.69 Å². The summed E-state index contributed by atoms with van der Waals surface area (Å²) in [6.07, 6.45) is 6.97. The molecule has 4 heteroatoms. The van der Waals surface area contributed by atoms with Crippen LogP contribution in [0.3, 0.4) is 0 Å². The number of rotatable bonds is 5. The van der Waals surface area contributed by atoms with Crippen LogP contribution in [0.1, 0.15) is 22.3 Å². The smallest absolute Gasteiger partial charge is 0.248 e. The molecule has 0 saturated carbocycles. The second-order valence-corrected chi connectivity index (χ2v) is 6.08. The fourth-order valence-corrected chi connectivity index (χ4v) is 2.50. The third-order valence-electron chi connectivity index (χ3n) is 4.04. The molecule has 0 saturated heterocycles. The summed E-state index contributed by atoms with van der Waals surface area (Å²) in [7, 11) is 0. The van der Waals surface area contributed by atoms with Crippen LogP contribution in [0.15, 0.2) is 67.0 Å². The van der Waals surface area contributed by atoms with Gasteiger partial charge in [0.1, 0.15) is 0 Å². The first-order valence-electron chi connectivity index (χ1n) is 8.23. The van der Waals surface area contributed by atoms with E-state index in [-0.39, 0.29) is 5.91 Å². The highest BCUT2D eigenvalue weighted by Gasteiger charge is 2.01. The van der Waals surface area contributed by atoms with Gasteiger partial charge in [-0.1, -0.05) is 36.4 Å². The van der Waals surface area contributed by atoms with E-state index in [1.54, 1.807) is 12.3 Å². The van der Waals surface area contributed by atoms with Crippen LogP contribution >= 0.6 is 0 Å². The number of anilines is 1. The summed E-state index contributed by atoms with van der Waals surface area (Å²) < 4.78 is 1.86. The van der Waals surface area contributed by atoms with Crippen molar-refractivity contribution in [2.45, 2.75) is 20.4 Å². The Bertz CT molecular complexity index is 895. The third-order valence-corrected chi connectivity index (χ3v) is 4.04. The van der Waals surface area contributed by atoms with Crippen LogP contribution in [0.2, 0.25) is 0 Å². The van der Waals surface area contributed by atoms with E-state index in [0.717, 1.165) is 16.8 Å². The highest BCUT2D eigenvalue weighted by molar-refractivity contribution is 6.01. The summed E-state index contributed by atoms with van der Waals surface area (Å²) in [6.45, 7) is 4.79. The lowest BCUT2D eigenvalue weighted by Crippen LogP contribution is -2.07. The molecule has 1 aromatic heterocycles. The SMILES string of the molecule is Cc1ccc(NC(=O)/C=C/c2cnn(Cc3ccccc3)c2)cc1C. The molecule has 1 heterocycles. The number of hydrogen-bond acceptors (Lipinski definition) is 2. The van der Waals surface area contributed by atoms with Gasteiger partial charge in [-0.25, -0.2) is 0 Å². The largest absolute Gasteiger partial charge is 0.323 e. The van der Waals surface area contributed by atoms with Gasteiger partial charge < -0.3 is 5.32 Å². The van der Waals surface area contributed by atoms with Crippen LogP contribution in [-0.2, 0) is 11.3 Å². The predicted molar refractivity (Wildman–Crippen MR) is 101 cm³/mol. The van der Waals surface area contributed by atoms with E-state index >= 15 is 0 Å². The lowest BCUT2D eigenvalue weighted by atomic mass is 10.1. The van der Waals surface area contributed by atoms with Crippen molar-refractivity contribution < 1.29 is 4.79 Å². The molecule has 0 aliphatic carbocycles. The molecule has 1 amide bonds. The monoisotopic (exact) mass is 331 g/mol. The van der Waals surface area contributed by atoms with Gasteiger partial charge in [0.2, 0.25) is 5.91 Å². The minimum absolute atomic E-state index is 0.154. The Morgan fingerprint density at radius 3 is 2.68 bits per heavy atom. The Morgan fingerprint density at radius 2 is 1.92 bits per heavy atom. The summed E-state index contributed by atoms with van der Waals surface area (Å²) in [5.74, 6) is -0.154. The first-order valence-corrected chi connectivity index (χ1v) is 8.23. The van der Waals surface area contributed by atoms with Crippen molar-refractivity contribution in [2.24, 2.45) is 0 Å². The van der Waals surface area contributed by atoms with Gasteiger partial charge in [0.15, 0.2) is 0 Å². The maximum Gasteiger partial charge on any atom is 0.248 e. The fourth-order valence-electron chi connectivity index (χ4n) is 2.50. The van der Waals surface area contributed by atoms with Gasteiger partial charge in [0, 0.05) is 23.5 Å². The summed E-state index contributed by atoms with van der Waals surface area (Å²) in [5.41, 5.74) is 5.25. The van der Waals surface area contributed by atoms with Crippen molar-refractivity contribution in [3.63, 3.8) is 0 Å². The predicted octanol–water partition coefficient (Wildman–Crippen LogP) is 4.20. The number of aryl methyl sites for hydroxylation is 2. The summed E-state index contributed by atoms with van der Waals surface area (Å²) in [6, 6.07) is 16.0. The molecule has 2 aromatic carbocycles. The molecule has 0 aliphatic rings. The molecule has 1 N–H and O–H groups in total. The van der Waals surface area contributed by atoms with Crippen molar-refractivity contribution >= 4 is 17.7 Å². The first kappa shape index (κ1) is 16.7. The number of amides is 1. The quantitative estimate of drug-likeness (QED) is 0.712. The number of hydrogen-bond donors (Lipinski definition) is 1. The van der Waals surface area contributed by atoms with E-state index in [1.165, 1.54) is 17.2 Å². The standard InChI is InChI=1S/C21H21N3O/c1-16-8-10-20(12-17(16)2)23-21(25)11-9-19-13-22-24(15-19)14-18-6-4-3-5-7-18/h3-13,15H,14H2,1-2H3,(H,23,25)/b11-9+. The van der Waals surface area contributed by atoms with E-state index in [1.807, 2.05) is 61.1 Å². The number of carbonyl (C=O) groups excluding carboxylic acids is 1. The molecular weight excluding hydrogens is 310 g/mol. The number of carbonyl (C=O) groups is 1. The molecule has 0 aliphatic heterocycles. The number of nitrogens with zero attached hydrogens (tertiary/aromatic N) is 2. The Kier molecular flexibility index (Phi) is 5.09. The minimum atomic E-state index is -0.154. The Balaban J connectivity index is 1.60. The fraction of sp³-hybridized carbons (Fsp3) is 0.143. The molecule has 4 nitrogen and oxygen atoms in total. The zero-order chi connectivity index (χ0) is 17.6. The molecule has 0 fully saturated rings. The molecule has 0 spiro atoms. The van der Waals surface area contributed by atoms with E-state index in [2.05, 4.69) is 22.5 Å². The number of aromatic nitrogens is 2. The highest BCUT2D eigenvalue weighted by Crippen LogP contribution is 2.14.